The van der Waals surface area contributed by atoms with Crippen LogP contribution in [0, 0.1) is 5.82 Å². The molecule has 0 saturated heterocycles. The van der Waals surface area contributed by atoms with Crippen molar-refractivity contribution in [1.82, 2.24) is 14.5 Å². The molecule has 186 valence electrons. The van der Waals surface area contributed by atoms with E-state index in [0.29, 0.717) is 18.5 Å². The van der Waals surface area contributed by atoms with Crippen molar-refractivity contribution in [3.05, 3.63) is 66.0 Å². The van der Waals surface area contributed by atoms with Crippen molar-refractivity contribution in [1.29, 1.82) is 0 Å². The molecule has 34 heavy (non-hydrogen) atoms. The van der Waals surface area contributed by atoms with Crippen LogP contribution in [-0.4, -0.2) is 55.6 Å². The topological polar surface area (TPSA) is 86.8 Å². The molecular weight excluding hydrogens is 457 g/mol. The zero-order chi connectivity index (χ0) is 25.1. The minimum absolute atomic E-state index is 0.0718. The van der Waals surface area contributed by atoms with Crippen molar-refractivity contribution in [3.8, 4) is 0 Å². The van der Waals surface area contributed by atoms with Gasteiger partial charge in [-0.1, -0.05) is 43.7 Å². The number of nitrogens with one attached hydrogen (secondary N) is 1. The molecule has 2 amide bonds. The predicted octanol–water partition coefficient (Wildman–Crippen LogP) is 3.56. The standard InChI is InChI=1S/C25H34FN3O4S/c1-4-5-17-27-25(31)20(2)29(19-21-13-15-22(26)16-14-21)24(30)12-9-18-28(3)34(32,33)23-10-7-6-8-11-23/h6-8,10-11,13-16,20H,4-5,9,12,17-19H2,1-3H3,(H,27,31)/t20-/m0/s1. The largest absolute Gasteiger partial charge is 0.354 e. The van der Waals surface area contributed by atoms with Crippen molar-refractivity contribution in [2.45, 2.75) is 57.0 Å². The summed E-state index contributed by atoms with van der Waals surface area (Å²) >= 11 is 0. The molecular formula is C25H34FN3O4S. The summed E-state index contributed by atoms with van der Waals surface area (Å²) in [4.78, 5) is 27.4. The lowest BCUT2D eigenvalue weighted by Gasteiger charge is -2.29. The van der Waals surface area contributed by atoms with Gasteiger partial charge in [-0.3, -0.25) is 9.59 Å². The Labute approximate surface area is 202 Å². The smallest absolute Gasteiger partial charge is 0.242 e. The van der Waals surface area contributed by atoms with Crippen LogP contribution in [0.15, 0.2) is 59.5 Å². The van der Waals surface area contributed by atoms with Gasteiger partial charge in [0.1, 0.15) is 11.9 Å². The molecule has 0 aliphatic heterocycles. The molecule has 1 N–H and O–H groups in total. The van der Waals surface area contributed by atoms with Crippen LogP contribution >= 0.6 is 0 Å². The molecule has 9 heteroatoms. The number of sulfonamides is 1. The molecule has 0 fully saturated rings. The average molecular weight is 492 g/mol. The number of unbranched alkanes of at least 4 members (excludes halogenated alkanes) is 1. The maximum Gasteiger partial charge on any atom is 0.242 e. The maximum atomic E-state index is 13.3. The maximum absolute atomic E-state index is 13.3. The van der Waals surface area contributed by atoms with Gasteiger partial charge >= 0.3 is 0 Å². The first kappa shape index (κ1) is 27.5. The molecule has 0 bridgehead atoms. The Hall–Kier alpha value is -2.78. The van der Waals surface area contributed by atoms with Crippen molar-refractivity contribution >= 4 is 21.8 Å². The third kappa shape index (κ3) is 7.92. The summed E-state index contributed by atoms with van der Waals surface area (Å²) in [7, 11) is -2.16. The van der Waals surface area contributed by atoms with Crippen LogP contribution in [0.25, 0.3) is 0 Å². The Morgan fingerprint density at radius 2 is 1.68 bits per heavy atom. The van der Waals surface area contributed by atoms with Crippen LogP contribution in [0.1, 0.15) is 45.1 Å². The van der Waals surface area contributed by atoms with Gasteiger partial charge in [0.25, 0.3) is 0 Å². The van der Waals surface area contributed by atoms with Crippen LogP contribution in [-0.2, 0) is 26.2 Å². The van der Waals surface area contributed by atoms with Gasteiger partial charge in [-0.15, -0.1) is 0 Å². The van der Waals surface area contributed by atoms with E-state index in [4.69, 9.17) is 0 Å². The van der Waals surface area contributed by atoms with Gasteiger partial charge in [-0.2, -0.15) is 0 Å². The molecule has 0 aliphatic rings. The Balaban J connectivity index is 2.05. The highest BCUT2D eigenvalue weighted by molar-refractivity contribution is 7.89. The summed E-state index contributed by atoms with van der Waals surface area (Å²) in [5.41, 5.74) is 0.701. The second-order valence-electron chi connectivity index (χ2n) is 8.21. The van der Waals surface area contributed by atoms with E-state index in [1.165, 1.54) is 40.5 Å². The van der Waals surface area contributed by atoms with E-state index >= 15 is 0 Å². The van der Waals surface area contributed by atoms with Gasteiger partial charge < -0.3 is 10.2 Å². The first-order valence-electron chi connectivity index (χ1n) is 11.5. The van der Waals surface area contributed by atoms with E-state index < -0.39 is 16.1 Å². The molecule has 7 nitrogen and oxygen atoms in total. The van der Waals surface area contributed by atoms with Crippen LogP contribution in [0.4, 0.5) is 4.39 Å². The highest BCUT2D eigenvalue weighted by Gasteiger charge is 2.26. The van der Waals surface area contributed by atoms with Gasteiger partial charge in [0.15, 0.2) is 0 Å². The molecule has 2 aromatic carbocycles. The van der Waals surface area contributed by atoms with Crippen molar-refractivity contribution in [2.75, 3.05) is 20.1 Å². The van der Waals surface area contributed by atoms with Gasteiger partial charge in [-0.05, 0) is 49.6 Å². The number of carbonyl (C=O) groups is 2. The van der Waals surface area contributed by atoms with Gasteiger partial charge in [0, 0.05) is 33.1 Å². The highest BCUT2D eigenvalue weighted by atomic mass is 32.2. The minimum Gasteiger partial charge on any atom is -0.354 e. The summed E-state index contributed by atoms with van der Waals surface area (Å²) in [6, 6.07) is 13.2. The van der Waals surface area contributed by atoms with Crippen molar-refractivity contribution in [3.63, 3.8) is 0 Å². The molecule has 2 rings (SSSR count). The molecule has 0 radical (unpaired) electrons. The highest BCUT2D eigenvalue weighted by Crippen LogP contribution is 2.16. The summed E-state index contributed by atoms with van der Waals surface area (Å²) in [6.07, 6.45) is 2.15. The molecule has 0 aromatic heterocycles. The Morgan fingerprint density at radius 1 is 1.03 bits per heavy atom. The fourth-order valence-electron chi connectivity index (χ4n) is 3.39. The van der Waals surface area contributed by atoms with Crippen LogP contribution < -0.4 is 5.32 Å². The summed E-state index contributed by atoms with van der Waals surface area (Å²) in [6.45, 7) is 4.52. The van der Waals surface area contributed by atoms with E-state index in [-0.39, 0.29) is 42.0 Å². The first-order valence-corrected chi connectivity index (χ1v) is 12.9. The van der Waals surface area contributed by atoms with E-state index in [9.17, 15) is 22.4 Å². The van der Waals surface area contributed by atoms with E-state index in [0.717, 1.165) is 12.8 Å². The number of benzene rings is 2. The summed E-state index contributed by atoms with van der Waals surface area (Å²) < 4.78 is 39.9. The second-order valence-corrected chi connectivity index (χ2v) is 10.3. The molecule has 0 unspecified atom stereocenters. The number of rotatable bonds is 13. The van der Waals surface area contributed by atoms with Gasteiger partial charge in [-0.25, -0.2) is 17.1 Å². The zero-order valence-corrected chi connectivity index (χ0v) is 20.9. The minimum atomic E-state index is -3.64. The quantitative estimate of drug-likeness (QED) is 0.434. The molecule has 0 saturated carbocycles. The molecule has 1 atom stereocenters. The fraction of sp³-hybridized carbons (Fsp3) is 0.440. The SMILES string of the molecule is CCCCNC(=O)[C@H](C)N(Cc1ccc(F)cc1)C(=O)CCCN(C)S(=O)(=O)c1ccccc1. The number of halogens is 1. The number of carbonyl (C=O) groups excluding carboxylic acids is 2. The Kier molecular flexibility index (Phi) is 10.7. The van der Waals surface area contributed by atoms with Gasteiger partial charge in [0.05, 0.1) is 4.90 Å². The van der Waals surface area contributed by atoms with Crippen LogP contribution in [0.2, 0.25) is 0 Å². The predicted molar refractivity (Wildman–Crippen MR) is 130 cm³/mol. The molecule has 0 heterocycles. The lowest BCUT2D eigenvalue weighted by molar-refractivity contribution is -0.140. The lowest BCUT2D eigenvalue weighted by Crippen LogP contribution is -2.47. The number of amides is 2. The van der Waals surface area contributed by atoms with E-state index in [1.807, 2.05) is 6.92 Å². The summed E-state index contributed by atoms with van der Waals surface area (Å²) in [5, 5.41) is 2.85. The number of hydrogen-bond acceptors (Lipinski definition) is 4. The van der Waals surface area contributed by atoms with Crippen LogP contribution in [0.5, 0.6) is 0 Å². The lowest BCUT2D eigenvalue weighted by atomic mass is 10.1. The first-order chi connectivity index (χ1) is 16.2. The van der Waals surface area contributed by atoms with E-state index in [1.54, 1.807) is 37.3 Å². The Bertz CT molecular complexity index is 1030. The monoisotopic (exact) mass is 491 g/mol. The summed E-state index contributed by atoms with van der Waals surface area (Å²) in [5.74, 6) is -0.907. The molecule has 0 spiro atoms. The molecule has 0 aliphatic carbocycles. The van der Waals surface area contributed by atoms with Crippen molar-refractivity contribution in [2.24, 2.45) is 0 Å². The average Bonchev–Trinajstić information content (AvgIpc) is 2.83. The van der Waals surface area contributed by atoms with Gasteiger partial charge in [0.2, 0.25) is 21.8 Å². The third-order valence-electron chi connectivity index (χ3n) is 5.58. The second kappa shape index (κ2) is 13.2. The van der Waals surface area contributed by atoms with Crippen LogP contribution in [0.3, 0.4) is 0 Å². The number of hydrogen-bond donors (Lipinski definition) is 1. The number of nitrogens with zero attached hydrogens (tertiary/aromatic N) is 2. The fourth-order valence-corrected chi connectivity index (χ4v) is 4.62. The third-order valence-corrected chi connectivity index (χ3v) is 7.45. The van der Waals surface area contributed by atoms with Crippen molar-refractivity contribution < 1.29 is 22.4 Å². The normalized spacial score (nSPS) is 12.4. The van der Waals surface area contributed by atoms with E-state index in [2.05, 4.69) is 5.32 Å². The zero-order valence-electron chi connectivity index (χ0n) is 20.0. The Morgan fingerprint density at radius 3 is 2.29 bits per heavy atom. The molecule has 2 aromatic rings.